The molecular formula is C32H46N3O11P. The average Bonchev–Trinajstić information content (AvgIpc) is 3.06. The van der Waals surface area contributed by atoms with E-state index in [0.29, 0.717) is 12.8 Å². The average molecular weight is 680 g/mol. The lowest BCUT2D eigenvalue weighted by Gasteiger charge is -2.25. The van der Waals surface area contributed by atoms with Crippen molar-refractivity contribution in [1.29, 1.82) is 0 Å². The van der Waals surface area contributed by atoms with Gasteiger partial charge in [-0.05, 0) is 43.2 Å². The second-order valence-corrected chi connectivity index (χ2v) is 11.9. The SMILES string of the molecule is CCC(C(=O)O)N(C)C(N)=NP(=O)(OCCCOC(=O)OCCCc1ccccc1)OCCCOC(=O)OCCCc1ccccc1. The molecular weight excluding hydrogens is 633 g/mol. The maximum absolute atomic E-state index is 13.4. The first-order chi connectivity index (χ1) is 22.6. The number of carbonyl (C=O) groups excluding carboxylic acids is 2. The predicted octanol–water partition coefficient (Wildman–Crippen LogP) is 5.59. The molecule has 0 aliphatic rings. The third-order valence-corrected chi connectivity index (χ3v) is 8.06. The van der Waals surface area contributed by atoms with Gasteiger partial charge in [0.05, 0.1) is 39.6 Å². The number of benzene rings is 2. The topological polar surface area (TPSA) is 186 Å². The number of aliphatic carboxylic acids is 1. The molecule has 0 aromatic heterocycles. The molecule has 0 radical (unpaired) electrons. The summed E-state index contributed by atoms with van der Waals surface area (Å²) in [6.07, 6.45) is 1.57. The lowest BCUT2D eigenvalue weighted by molar-refractivity contribution is -0.141. The maximum Gasteiger partial charge on any atom is 0.508 e. The van der Waals surface area contributed by atoms with Gasteiger partial charge in [0.25, 0.3) is 0 Å². The Morgan fingerprint density at radius 2 is 1.15 bits per heavy atom. The van der Waals surface area contributed by atoms with E-state index >= 15 is 0 Å². The maximum atomic E-state index is 13.4. The Hall–Kier alpha value is -4.13. The minimum absolute atomic E-state index is 0.0885. The van der Waals surface area contributed by atoms with Crippen LogP contribution >= 0.6 is 7.75 Å². The van der Waals surface area contributed by atoms with Gasteiger partial charge in [0.1, 0.15) is 6.04 Å². The molecule has 0 heterocycles. The number of hydrogen-bond acceptors (Lipinski definition) is 10. The van der Waals surface area contributed by atoms with E-state index in [-0.39, 0.29) is 64.9 Å². The summed E-state index contributed by atoms with van der Waals surface area (Å²) in [4.78, 5) is 36.4. The molecule has 15 heteroatoms. The Kier molecular flexibility index (Phi) is 18.6. The summed E-state index contributed by atoms with van der Waals surface area (Å²) in [5, 5.41) is 9.44. The van der Waals surface area contributed by atoms with E-state index in [1.807, 2.05) is 60.7 Å². The third kappa shape index (κ3) is 16.8. The van der Waals surface area contributed by atoms with E-state index in [9.17, 15) is 24.1 Å². The second kappa shape index (κ2) is 22.4. The number of guanidine groups is 1. The van der Waals surface area contributed by atoms with Gasteiger partial charge < -0.3 is 34.7 Å². The van der Waals surface area contributed by atoms with E-state index in [1.54, 1.807) is 6.92 Å². The zero-order valence-electron chi connectivity index (χ0n) is 27.0. The number of likely N-dealkylation sites (N-methyl/N-ethyl adjacent to an activating group) is 1. The highest BCUT2D eigenvalue weighted by Gasteiger charge is 2.29. The fourth-order valence-electron chi connectivity index (χ4n) is 4.09. The molecule has 2 aromatic carbocycles. The van der Waals surface area contributed by atoms with Crippen LogP contribution in [0.15, 0.2) is 65.4 Å². The summed E-state index contributed by atoms with van der Waals surface area (Å²) in [5.74, 6) is -1.51. The summed E-state index contributed by atoms with van der Waals surface area (Å²) in [7, 11) is -2.86. The van der Waals surface area contributed by atoms with Gasteiger partial charge in [-0.2, -0.15) is 0 Å². The van der Waals surface area contributed by atoms with Gasteiger partial charge in [0.15, 0.2) is 0 Å². The highest BCUT2D eigenvalue weighted by molar-refractivity contribution is 7.52. The van der Waals surface area contributed by atoms with Crippen LogP contribution in [0.5, 0.6) is 0 Å². The van der Waals surface area contributed by atoms with Crippen molar-refractivity contribution in [2.75, 3.05) is 46.7 Å². The van der Waals surface area contributed by atoms with Gasteiger partial charge in [-0.1, -0.05) is 67.6 Å². The van der Waals surface area contributed by atoms with Crippen molar-refractivity contribution in [3.63, 3.8) is 0 Å². The van der Waals surface area contributed by atoms with Crippen molar-refractivity contribution in [2.45, 2.75) is 57.9 Å². The molecule has 2 aromatic rings. The first-order valence-corrected chi connectivity index (χ1v) is 17.0. The molecule has 1 unspecified atom stereocenters. The standard InChI is InChI=1S/C32H46N3O11P/c1-3-28(29(36)37)35(2)30(33)34-47(40,45-24-12-22-43-31(38)41-20-10-18-26-14-6-4-7-15-26)46-25-13-23-44-32(39)42-21-11-19-27-16-8-5-9-17-27/h4-9,14-17,28H,3,10-13,18-25H2,1-2H3,(H,36,37)(H2,33,34,40). The van der Waals surface area contributed by atoms with Gasteiger partial charge in [0.2, 0.25) is 5.96 Å². The van der Waals surface area contributed by atoms with Crippen LogP contribution in [0.2, 0.25) is 0 Å². The van der Waals surface area contributed by atoms with Crippen LogP contribution in [0.25, 0.3) is 0 Å². The quantitative estimate of drug-likeness (QED) is 0.0516. The first kappa shape index (κ1) is 39.1. The van der Waals surface area contributed by atoms with Gasteiger partial charge in [-0.3, -0.25) is 9.05 Å². The van der Waals surface area contributed by atoms with Gasteiger partial charge in [0, 0.05) is 19.9 Å². The fourth-order valence-corrected chi connectivity index (χ4v) is 5.39. The van der Waals surface area contributed by atoms with Gasteiger partial charge in [-0.25, -0.2) is 18.9 Å². The largest absolute Gasteiger partial charge is 0.508 e. The second-order valence-electron chi connectivity index (χ2n) is 10.2. The molecule has 0 aliphatic heterocycles. The van der Waals surface area contributed by atoms with Crippen LogP contribution in [0.4, 0.5) is 9.59 Å². The van der Waals surface area contributed by atoms with Crippen molar-refractivity contribution in [2.24, 2.45) is 10.5 Å². The Balaban J connectivity index is 1.76. The summed E-state index contributed by atoms with van der Waals surface area (Å²) in [5.41, 5.74) is 8.23. The molecule has 3 N–H and O–H groups in total. The summed E-state index contributed by atoms with van der Waals surface area (Å²) in [6.45, 7) is 1.47. The van der Waals surface area contributed by atoms with Crippen molar-refractivity contribution in [3.05, 3.63) is 71.8 Å². The van der Waals surface area contributed by atoms with Crippen molar-refractivity contribution < 1.29 is 52.1 Å². The van der Waals surface area contributed by atoms with Crippen molar-refractivity contribution in [1.82, 2.24) is 4.90 Å². The zero-order chi connectivity index (χ0) is 34.3. The van der Waals surface area contributed by atoms with Crippen LogP contribution < -0.4 is 5.73 Å². The Morgan fingerprint density at radius 1 is 0.745 bits per heavy atom. The number of carboxylic acids is 1. The molecule has 260 valence electrons. The number of ether oxygens (including phenoxy) is 4. The predicted molar refractivity (Wildman–Crippen MR) is 174 cm³/mol. The number of carboxylic acid groups (broad SMARTS) is 1. The van der Waals surface area contributed by atoms with Crippen LogP contribution in [-0.4, -0.2) is 87.0 Å². The van der Waals surface area contributed by atoms with Gasteiger partial charge >= 0.3 is 26.0 Å². The summed E-state index contributed by atoms with van der Waals surface area (Å²) in [6, 6.07) is 18.6. The Morgan fingerprint density at radius 3 is 1.53 bits per heavy atom. The molecule has 0 fully saturated rings. The number of nitrogens with zero attached hydrogens (tertiary/aromatic N) is 2. The number of hydrogen-bond donors (Lipinski definition) is 2. The van der Waals surface area contributed by atoms with Crippen LogP contribution in [0.3, 0.4) is 0 Å². The molecule has 0 saturated heterocycles. The van der Waals surface area contributed by atoms with Crippen LogP contribution in [-0.2, 0) is 50.2 Å². The first-order valence-electron chi connectivity index (χ1n) is 15.5. The number of rotatable bonds is 22. The fraction of sp³-hybridized carbons (Fsp3) is 0.500. The molecule has 14 nitrogen and oxygen atoms in total. The normalized spacial score (nSPS) is 12.2. The molecule has 0 saturated carbocycles. The van der Waals surface area contributed by atoms with Crippen LogP contribution in [0, 0.1) is 0 Å². The summed E-state index contributed by atoms with van der Waals surface area (Å²) >= 11 is 0. The number of aryl methyl sites for hydroxylation is 2. The Labute approximate surface area is 275 Å². The third-order valence-electron chi connectivity index (χ3n) is 6.60. The van der Waals surface area contributed by atoms with Crippen molar-refractivity contribution >= 4 is 32.0 Å². The highest BCUT2D eigenvalue weighted by Crippen LogP contribution is 2.50. The molecule has 47 heavy (non-hydrogen) atoms. The minimum Gasteiger partial charge on any atom is -0.480 e. The molecule has 1 atom stereocenters. The van der Waals surface area contributed by atoms with E-state index < -0.39 is 32.1 Å². The van der Waals surface area contributed by atoms with E-state index in [1.165, 1.54) is 7.05 Å². The molecule has 0 aliphatic carbocycles. The Bertz CT molecular complexity index is 1210. The monoisotopic (exact) mass is 679 g/mol. The molecule has 0 amide bonds. The minimum atomic E-state index is -4.25. The van der Waals surface area contributed by atoms with E-state index in [2.05, 4.69) is 4.76 Å². The molecule has 0 spiro atoms. The number of nitrogens with two attached hydrogens (primary N) is 1. The van der Waals surface area contributed by atoms with E-state index in [0.717, 1.165) is 28.9 Å². The lowest BCUT2D eigenvalue weighted by Crippen LogP contribution is -2.45. The highest BCUT2D eigenvalue weighted by atomic mass is 31.2. The summed E-state index contributed by atoms with van der Waals surface area (Å²) < 4.78 is 48.3. The lowest BCUT2D eigenvalue weighted by atomic mass is 10.1. The zero-order valence-corrected chi connectivity index (χ0v) is 27.9. The van der Waals surface area contributed by atoms with Crippen molar-refractivity contribution in [3.8, 4) is 0 Å². The van der Waals surface area contributed by atoms with E-state index in [4.69, 9.17) is 33.7 Å². The smallest absolute Gasteiger partial charge is 0.480 e. The molecule has 0 bridgehead atoms. The van der Waals surface area contributed by atoms with Gasteiger partial charge in [-0.15, -0.1) is 4.76 Å². The van der Waals surface area contributed by atoms with Crippen LogP contribution in [0.1, 0.15) is 50.2 Å². The number of carbonyl (C=O) groups is 3. The molecule has 2 rings (SSSR count).